The number of nitrogens with one attached hydrogen (secondary N) is 2. The van der Waals surface area contributed by atoms with Gasteiger partial charge in [-0.1, -0.05) is 43.0 Å². The second kappa shape index (κ2) is 9.43. The number of aryl methyl sites for hydroxylation is 1. The van der Waals surface area contributed by atoms with E-state index >= 15 is 0 Å². The van der Waals surface area contributed by atoms with E-state index in [9.17, 15) is 4.39 Å². The number of nitrogens with zero attached hydrogens (tertiary/aromatic N) is 2. The van der Waals surface area contributed by atoms with E-state index in [2.05, 4.69) is 20.6 Å². The van der Waals surface area contributed by atoms with Crippen molar-refractivity contribution in [3.63, 3.8) is 0 Å². The normalized spacial score (nSPS) is 14.5. The molecule has 0 unspecified atom stereocenters. The molecule has 1 saturated carbocycles. The minimum atomic E-state index is -0.242. The van der Waals surface area contributed by atoms with Gasteiger partial charge in [-0.2, -0.15) is 0 Å². The maximum absolute atomic E-state index is 13.4. The van der Waals surface area contributed by atoms with E-state index in [-0.39, 0.29) is 5.82 Å². The number of rotatable bonds is 6. The number of halogens is 2. The fourth-order valence-corrected chi connectivity index (χ4v) is 4.16. The molecule has 2 N–H and O–H groups in total. The van der Waals surface area contributed by atoms with Crippen LogP contribution in [0, 0.1) is 12.7 Å². The maximum Gasteiger partial charge on any atom is 0.127 e. The van der Waals surface area contributed by atoms with E-state index in [0.29, 0.717) is 17.6 Å². The zero-order valence-corrected chi connectivity index (χ0v) is 17.8. The Kier molecular flexibility index (Phi) is 6.48. The molecule has 0 spiro atoms. The molecule has 0 bridgehead atoms. The van der Waals surface area contributed by atoms with Crippen LogP contribution in [0.5, 0.6) is 0 Å². The van der Waals surface area contributed by atoms with Crippen molar-refractivity contribution >= 4 is 23.2 Å². The van der Waals surface area contributed by atoms with Gasteiger partial charge < -0.3 is 10.6 Å². The Balaban J connectivity index is 1.54. The lowest BCUT2D eigenvalue weighted by atomic mass is 9.95. The minimum absolute atomic E-state index is 0.242. The lowest BCUT2D eigenvalue weighted by Gasteiger charge is -2.23. The molecule has 0 atom stereocenters. The van der Waals surface area contributed by atoms with Gasteiger partial charge in [0, 0.05) is 30.0 Å². The van der Waals surface area contributed by atoms with Gasteiger partial charge in [0.15, 0.2) is 0 Å². The van der Waals surface area contributed by atoms with Gasteiger partial charge in [-0.05, 0) is 61.2 Å². The molecule has 1 fully saturated rings. The van der Waals surface area contributed by atoms with Crippen molar-refractivity contribution in [3.8, 4) is 11.1 Å². The Labute approximate surface area is 181 Å². The molecule has 0 radical (unpaired) electrons. The van der Waals surface area contributed by atoms with Gasteiger partial charge in [-0.3, -0.25) is 0 Å². The summed E-state index contributed by atoms with van der Waals surface area (Å²) in [5.41, 5.74) is 3.64. The standard InChI is InChI=1S/C24H26ClFN4/c1-16-10-18(12-23(29-16)27-14-17-6-5-7-19(26)11-17)21-13-24(28-15-22(21)25)30-20-8-3-2-4-9-20/h5-7,10-13,15,20H,2-4,8-9,14H2,1H3,(H,27,29)(H,28,30). The van der Waals surface area contributed by atoms with E-state index in [1.54, 1.807) is 12.3 Å². The van der Waals surface area contributed by atoms with Gasteiger partial charge in [0.25, 0.3) is 0 Å². The van der Waals surface area contributed by atoms with Gasteiger partial charge in [0.1, 0.15) is 17.5 Å². The van der Waals surface area contributed by atoms with Crippen molar-refractivity contribution in [1.82, 2.24) is 9.97 Å². The summed E-state index contributed by atoms with van der Waals surface area (Å²) in [7, 11) is 0. The second-order valence-corrected chi connectivity index (χ2v) is 8.30. The average Bonchev–Trinajstić information content (AvgIpc) is 2.74. The van der Waals surface area contributed by atoms with Gasteiger partial charge in [-0.15, -0.1) is 0 Å². The third-order valence-corrected chi connectivity index (χ3v) is 5.74. The van der Waals surface area contributed by atoms with Gasteiger partial charge in [0.05, 0.1) is 5.02 Å². The van der Waals surface area contributed by atoms with Crippen molar-refractivity contribution in [2.24, 2.45) is 0 Å². The van der Waals surface area contributed by atoms with Crippen LogP contribution >= 0.6 is 11.6 Å². The Hall–Kier alpha value is -2.66. The Bertz CT molecular complexity index is 1020. The molecule has 1 aliphatic carbocycles. The highest BCUT2D eigenvalue weighted by atomic mass is 35.5. The Morgan fingerprint density at radius 2 is 1.90 bits per heavy atom. The van der Waals surface area contributed by atoms with E-state index < -0.39 is 0 Å². The fraction of sp³-hybridized carbons (Fsp3) is 0.333. The van der Waals surface area contributed by atoms with Crippen LogP contribution in [0.25, 0.3) is 11.1 Å². The number of hydrogen-bond acceptors (Lipinski definition) is 4. The summed E-state index contributed by atoms with van der Waals surface area (Å²) in [4.78, 5) is 9.04. The van der Waals surface area contributed by atoms with Crippen molar-refractivity contribution < 1.29 is 4.39 Å². The molecule has 1 aliphatic rings. The van der Waals surface area contributed by atoms with E-state index in [1.165, 1.54) is 44.2 Å². The summed E-state index contributed by atoms with van der Waals surface area (Å²) in [5, 5.41) is 7.45. The third-order valence-electron chi connectivity index (χ3n) is 5.44. The fourth-order valence-electron chi connectivity index (χ4n) is 3.95. The van der Waals surface area contributed by atoms with Crippen molar-refractivity contribution in [1.29, 1.82) is 0 Å². The molecule has 4 rings (SSSR count). The second-order valence-electron chi connectivity index (χ2n) is 7.89. The quantitative estimate of drug-likeness (QED) is 0.468. The molecule has 4 nitrogen and oxygen atoms in total. The van der Waals surface area contributed by atoms with Crippen molar-refractivity contribution in [3.05, 3.63) is 70.8 Å². The number of aromatic nitrogens is 2. The number of benzene rings is 1. The topological polar surface area (TPSA) is 49.8 Å². The molecular weight excluding hydrogens is 399 g/mol. The average molecular weight is 425 g/mol. The SMILES string of the molecule is Cc1cc(-c2cc(NC3CCCCC3)ncc2Cl)cc(NCc2cccc(F)c2)n1. The molecule has 30 heavy (non-hydrogen) atoms. The first-order chi connectivity index (χ1) is 14.6. The van der Waals surface area contributed by atoms with Crippen molar-refractivity contribution in [2.75, 3.05) is 10.6 Å². The van der Waals surface area contributed by atoms with Gasteiger partial charge >= 0.3 is 0 Å². The first-order valence-electron chi connectivity index (χ1n) is 10.5. The lowest BCUT2D eigenvalue weighted by molar-refractivity contribution is 0.462. The van der Waals surface area contributed by atoms with Crippen LogP contribution in [0.2, 0.25) is 5.02 Å². The van der Waals surface area contributed by atoms with Crippen LogP contribution in [-0.4, -0.2) is 16.0 Å². The van der Waals surface area contributed by atoms with Crippen LogP contribution in [0.15, 0.2) is 48.7 Å². The summed E-state index contributed by atoms with van der Waals surface area (Å²) in [5.74, 6) is 1.34. The van der Waals surface area contributed by atoms with Crippen LogP contribution in [0.4, 0.5) is 16.0 Å². The smallest absolute Gasteiger partial charge is 0.127 e. The molecule has 3 aromatic rings. The molecular formula is C24H26ClFN4. The summed E-state index contributed by atoms with van der Waals surface area (Å²) in [6.45, 7) is 2.44. The first-order valence-corrected chi connectivity index (χ1v) is 10.8. The largest absolute Gasteiger partial charge is 0.367 e. The molecule has 1 aromatic carbocycles. The summed E-state index contributed by atoms with van der Waals surface area (Å²) < 4.78 is 13.4. The molecule has 2 heterocycles. The summed E-state index contributed by atoms with van der Waals surface area (Å²) in [6, 6.07) is 13.0. The molecule has 156 valence electrons. The highest BCUT2D eigenvalue weighted by Gasteiger charge is 2.15. The van der Waals surface area contributed by atoms with Crippen LogP contribution < -0.4 is 10.6 Å². The molecule has 0 amide bonds. The van der Waals surface area contributed by atoms with E-state index in [0.717, 1.165) is 34.0 Å². The number of pyridine rings is 2. The minimum Gasteiger partial charge on any atom is -0.367 e. The van der Waals surface area contributed by atoms with E-state index in [1.807, 2.05) is 31.2 Å². The molecule has 2 aromatic heterocycles. The number of hydrogen-bond donors (Lipinski definition) is 2. The Morgan fingerprint density at radius 1 is 1.07 bits per heavy atom. The predicted octanol–water partition coefficient (Wildman–Crippen LogP) is 6.60. The zero-order chi connectivity index (χ0) is 20.9. The number of anilines is 2. The van der Waals surface area contributed by atoms with Crippen LogP contribution in [-0.2, 0) is 6.54 Å². The molecule has 6 heteroatoms. The van der Waals surface area contributed by atoms with Crippen LogP contribution in [0.1, 0.15) is 43.4 Å². The van der Waals surface area contributed by atoms with E-state index in [4.69, 9.17) is 11.6 Å². The van der Waals surface area contributed by atoms with Gasteiger partial charge in [-0.25, -0.2) is 14.4 Å². The highest BCUT2D eigenvalue weighted by Crippen LogP contribution is 2.32. The summed E-state index contributed by atoms with van der Waals surface area (Å²) in [6.07, 6.45) is 7.92. The molecule has 0 saturated heterocycles. The first kappa shape index (κ1) is 20.6. The lowest BCUT2D eigenvalue weighted by Crippen LogP contribution is -2.22. The maximum atomic E-state index is 13.4. The predicted molar refractivity (Wildman–Crippen MR) is 121 cm³/mol. The summed E-state index contributed by atoms with van der Waals surface area (Å²) >= 11 is 6.50. The van der Waals surface area contributed by atoms with Crippen LogP contribution in [0.3, 0.4) is 0 Å². The Morgan fingerprint density at radius 3 is 2.70 bits per heavy atom. The van der Waals surface area contributed by atoms with Crippen molar-refractivity contribution in [2.45, 2.75) is 51.6 Å². The monoisotopic (exact) mass is 424 g/mol. The highest BCUT2D eigenvalue weighted by molar-refractivity contribution is 6.33. The zero-order valence-electron chi connectivity index (χ0n) is 17.1. The molecule has 0 aliphatic heterocycles. The van der Waals surface area contributed by atoms with Gasteiger partial charge in [0.2, 0.25) is 0 Å². The third kappa shape index (κ3) is 5.28.